The highest BCUT2D eigenvalue weighted by molar-refractivity contribution is 6.35. The molecule has 3 aromatic rings. The van der Waals surface area contributed by atoms with Crippen LogP contribution in [-0.2, 0) is 4.74 Å². The van der Waals surface area contributed by atoms with Crippen molar-refractivity contribution in [2.24, 2.45) is 0 Å². The number of pyridine rings is 2. The summed E-state index contributed by atoms with van der Waals surface area (Å²) in [7, 11) is 0. The molecular formula is C19H18ClN3O2. The Labute approximate surface area is 150 Å². The summed E-state index contributed by atoms with van der Waals surface area (Å²) in [4.78, 5) is 11.1. The van der Waals surface area contributed by atoms with Gasteiger partial charge in [0.05, 0.1) is 30.0 Å². The number of benzene rings is 1. The van der Waals surface area contributed by atoms with Crippen LogP contribution >= 0.6 is 11.6 Å². The maximum Gasteiger partial charge on any atom is 0.147 e. The van der Waals surface area contributed by atoms with Gasteiger partial charge in [0.25, 0.3) is 0 Å². The van der Waals surface area contributed by atoms with E-state index >= 15 is 0 Å². The maximum atomic E-state index is 10.9. The van der Waals surface area contributed by atoms with Gasteiger partial charge in [-0.25, -0.2) is 0 Å². The van der Waals surface area contributed by atoms with Crippen molar-refractivity contribution in [1.29, 1.82) is 0 Å². The summed E-state index contributed by atoms with van der Waals surface area (Å²) in [6, 6.07) is 11.1. The minimum Gasteiger partial charge on any atom is -0.505 e. The summed E-state index contributed by atoms with van der Waals surface area (Å²) in [5, 5.41) is 12.2. The van der Waals surface area contributed by atoms with Crippen LogP contribution in [0.1, 0.15) is 17.3 Å². The van der Waals surface area contributed by atoms with Gasteiger partial charge in [-0.1, -0.05) is 17.7 Å². The second-order valence-corrected chi connectivity index (χ2v) is 6.41. The molecule has 1 aliphatic heterocycles. The Balaban J connectivity index is 1.90. The number of fused-ring (bicyclic) bond motifs is 1. The highest BCUT2D eigenvalue weighted by atomic mass is 35.5. The highest BCUT2D eigenvalue weighted by Crippen LogP contribution is 2.40. The first kappa shape index (κ1) is 16.3. The second kappa shape index (κ2) is 6.96. The van der Waals surface area contributed by atoms with Crippen molar-refractivity contribution in [3.63, 3.8) is 0 Å². The Kier molecular flexibility index (Phi) is 4.53. The predicted octanol–water partition coefficient (Wildman–Crippen LogP) is 3.41. The summed E-state index contributed by atoms with van der Waals surface area (Å²) in [5.74, 6) is 0.155. The van der Waals surface area contributed by atoms with Crippen LogP contribution in [0.4, 0.5) is 0 Å². The SMILES string of the molecule is Oc1c([C@@H](c2ccccn2)N2CCOCC2)cc(Cl)c2cccnc12. The van der Waals surface area contributed by atoms with Crippen molar-refractivity contribution in [3.05, 3.63) is 65.1 Å². The van der Waals surface area contributed by atoms with Gasteiger partial charge in [-0.15, -0.1) is 0 Å². The van der Waals surface area contributed by atoms with Crippen LogP contribution in [-0.4, -0.2) is 46.3 Å². The summed E-state index contributed by atoms with van der Waals surface area (Å²) in [6.45, 7) is 2.84. The molecule has 1 atom stereocenters. The minimum atomic E-state index is -0.200. The zero-order valence-corrected chi connectivity index (χ0v) is 14.4. The molecule has 1 saturated heterocycles. The van der Waals surface area contributed by atoms with Crippen molar-refractivity contribution >= 4 is 22.5 Å². The van der Waals surface area contributed by atoms with Gasteiger partial charge in [-0.3, -0.25) is 14.9 Å². The lowest BCUT2D eigenvalue weighted by atomic mass is 9.97. The van der Waals surface area contributed by atoms with E-state index in [2.05, 4.69) is 14.9 Å². The van der Waals surface area contributed by atoms with Gasteiger partial charge < -0.3 is 9.84 Å². The summed E-state index contributed by atoms with van der Waals surface area (Å²) >= 11 is 6.49. The number of morpholine rings is 1. The van der Waals surface area contributed by atoms with E-state index in [9.17, 15) is 5.11 Å². The molecule has 128 valence electrons. The smallest absolute Gasteiger partial charge is 0.147 e. The number of aromatic hydroxyl groups is 1. The Bertz CT molecular complexity index is 882. The third kappa shape index (κ3) is 3.06. The van der Waals surface area contributed by atoms with Gasteiger partial charge in [0.15, 0.2) is 0 Å². The molecule has 0 aliphatic carbocycles. The van der Waals surface area contributed by atoms with E-state index in [-0.39, 0.29) is 11.8 Å². The molecule has 0 saturated carbocycles. The molecule has 1 fully saturated rings. The van der Waals surface area contributed by atoms with Crippen LogP contribution in [0.2, 0.25) is 5.02 Å². The molecule has 25 heavy (non-hydrogen) atoms. The first-order chi connectivity index (χ1) is 12.3. The van der Waals surface area contributed by atoms with E-state index in [1.807, 2.05) is 36.4 Å². The fraction of sp³-hybridized carbons (Fsp3) is 0.263. The number of nitrogens with zero attached hydrogens (tertiary/aromatic N) is 3. The Hall–Kier alpha value is -2.21. The van der Waals surface area contributed by atoms with Crippen LogP contribution in [0.25, 0.3) is 10.9 Å². The van der Waals surface area contributed by atoms with E-state index in [0.717, 1.165) is 29.7 Å². The van der Waals surface area contributed by atoms with Crippen molar-refractivity contribution in [2.45, 2.75) is 6.04 Å². The molecular weight excluding hydrogens is 338 g/mol. The summed E-state index contributed by atoms with van der Waals surface area (Å²) < 4.78 is 5.48. The second-order valence-electron chi connectivity index (χ2n) is 6.00. The van der Waals surface area contributed by atoms with Gasteiger partial charge in [0.2, 0.25) is 0 Å². The van der Waals surface area contributed by atoms with Gasteiger partial charge in [-0.05, 0) is 30.3 Å². The highest BCUT2D eigenvalue weighted by Gasteiger charge is 2.29. The normalized spacial score (nSPS) is 16.8. The molecule has 0 spiro atoms. The Morgan fingerprint density at radius 1 is 1.08 bits per heavy atom. The Morgan fingerprint density at radius 2 is 1.88 bits per heavy atom. The first-order valence-electron chi connectivity index (χ1n) is 8.24. The molecule has 1 aromatic carbocycles. The first-order valence-corrected chi connectivity index (χ1v) is 8.62. The van der Waals surface area contributed by atoms with Crippen LogP contribution in [0.5, 0.6) is 5.75 Å². The van der Waals surface area contributed by atoms with Crippen molar-refractivity contribution in [1.82, 2.24) is 14.9 Å². The van der Waals surface area contributed by atoms with Crippen molar-refractivity contribution in [2.75, 3.05) is 26.3 Å². The topological polar surface area (TPSA) is 58.5 Å². The molecule has 3 heterocycles. The van der Waals surface area contributed by atoms with E-state index in [4.69, 9.17) is 16.3 Å². The third-order valence-corrected chi connectivity index (χ3v) is 4.83. The zero-order chi connectivity index (χ0) is 17.2. The molecule has 2 aromatic heterocycles. The molecule has 0 radical (unpaired) electrons. The van der Waals surface area contributed by atoms with Crippen molar-refractivity contribution in [3.8, 4) is 5.75 Å². The summed E-state index contributed by atoms with van der Waals surface area (Å²) in [6.07, 6.45) is 3.42. The lowest BCUT2D eigenvalue weighted by Gasteiger charge is -2.34. The standard InChI is InChI=1S/C19H18ClN3O2/c20-15-12-14(19(24)17-13(15)4-3-7-22-17)18(16-5-1-2-6-21-16)23-8-10-25-11-9-23/h1-7,12,18,24H,8-11H2/t18-/m0/s1. The quantitative estimate of drug-likeness (QED) is 0.780. The number of rotatable bonds is 3. The fourth-order valence-electron chi connectivity index (χ4n) is 3.33. The number of hydrogen-bond acceptors (Lipinski definition) is 5. The molecule has 0 amide bonds. The number of ether oxygens (including phenoxy) is 1. The van der Waals surface area contributed by atoms with Crippen LogP contribution in [0.3, 0.4) is 0 Å². The van der Waals surface area contributed by atoms with Gasteiger partial charge in [0.1, 0.15) is 11.3 Å². The summed E-state index contributed by atoms with van der Waals surface area (Å²) in [5.41, 5.74) is 2.10. The molecule has 1 N–H and O–H groups in total. The monoisotopic (exact) mass is 355 g/mol. The van der Waals surface area contributed by atoms with Crippen LogP contribution in [0, 0.1) is 0 Å². The van der Waals surface area contributed by atoms with Crippen LogP contribution < -0.4 is 0 Å². The van der Waals surface area contributed by atoms with Gasteiger partial charge in [-0.2, -0.15) is 0 Å². The van der Waals surface area contributed by atoms with E-state index in [0.29, 0.717) is 23.8 Å². The van der Waals surface area contributed by atoms with Crippen LogP contribution in [0.15, 0.2) is 48.8 Å². The molecule has 0 unspecified atom stereocenters. The fourth-order valence-corrected chi connectivity index (χ4v) is 3.60. The lowest BCUT2D eigenvalue weighted by molar-refractivity contribution is 0.0229. The minimum absolute atomic E-state index is 0.155. The molecule has 5 nitrogen and oxygen atoms in total. The molecule has 6 heteroatoms. The zero-order valence-electron chi connectivity index (χ0n) is 13.6. The largest absolute Gasteiger partial charge is 0.505 e. The van der Waals surface area contributed by atoms with Gasteiger partial charge >= 0.3 is 0 Å². The van der Waals surface area contributed by atoms with E-state index < -0.39 is 0 Å². The van der Waals surface area contributed by atoms with E-state index in [1.54, 1.807) is 12.4 Å². The maximum absolute atomic E-state index is 10.9. The number of phenols is 1. The molecule has 0 bridgehead atoms. The average molecular weight is 356 g/mol. The molecule has 1 aliphatic rings. The number of phenolic OH excluding ortho intramolecular Hbond substituents is 1. The number of hydrogen-bond donors (Lipinski definition) is 1. The number of aromatic nitrogens is 2. The average Bonchev–Trinajstić information content (AvgIpc) is 2.68. The lowest BCUT2D eigenvalue weighted by Crippen LogP contribution is -2.39. The third-order valence-electron chi connectivity index (χ3n) is 4.52. The van der Waals surface area contributed by atoms with Crippen molar-refractivity contribution < 1.29 is 9.84 Å². The molecule has 4 rings (SSSR count). The Morgan fingerprint density at radius 3 is 2.64 bits per heavy atom. The predicted molar refractivity (Wildman–Crippen MR) is 96.9 cm³/mol. The van der Waals surface area contributed by atoms with E-state index in [1.165, 1.54) is 0 Å². The van der Waals surface area contributed by atoms with Gasteiger partial charge in [0, 0.05) is 36.4 Å². The number of halogens is 1.